The van der Waals surface area contributed by atoms with Crippen molar-refractivity contribution in [2.75, 3.05) is 39.6 Å². The first kappa shape index (κ1) is 134. The minimum Gasteiger partial charge on any atom is -0.381 e. The van der Waals surface area contributed by atoms with E-state index in [2.05, 4.69) is 222 Å². The Morgan fingerprint density at radius 1 is 0.105 bits per heavy atom. The number of ether oxygens (including phenoxy) is 3. The van der Waals surface area contributed by atoms with E-state index < -0.39 is 0 Å². The fourth-order valence-electron chi connectivity index (χ4n) is 4.60. The maximum Gasteiger partial charge on any atom is 0.0488 e. The van der Waals surface area contributed by atoms with Crippen LogP contribution in [0.2, 0.25) is 0 Å². The van der Waals surface area contributed by atoms with Crippen molar-refractivity contribution in [1.29, 1.82) is 0 Å². The Labute approximate surface area is 618 Å². The first-order chi connectivity index (χ1) is 43.5. The molecule has 0 radical (unpaired) electrons. The van der Waals surface area contributed by atoms with Crippen LogP contribution in [-0.4, -0.2) is 39.6 Å². The predicted octanol–water partition coefficient (Wildman–Crippen LogP) is 36.4. The second-order valence-corrected chi connectivity index (χ2v) is 36.4. The summed E-state index contributed by atoms with van der Waals surface area (Å²) in [6.45, 7) is 108. The van der Waals surface area contributed by atoms with Gasteiger partial charge in [-0.3, -0.25) is 0 Å². The van der Waals surface area contributed by atoms with E-state index in [4.69, 9.17) is 14.2 Å². The molecule has 0 aromatic rings. The molecule has 0 N–H and O–H groups in total. The molecule has 0 bridgehead atoms. The van der Waals surface area contributed by atoms with Crippen LogP contribution in [0.1, 0.15) is 525 Å². The molecule has 3 heteroatoms. The predicted molar refractivity (Wildman–Crippen MR) is 463 cm³/mol. The van der Waals surface area contributed by atoms with E-state index >= 15 is 0 Å². The lowest BCUT2D eigenvalue weighted by molar-refractivity contribution is 0.0367. The van der Waals surface area contributed by atoms with Crippen molar-refractivity contribution in [2.24, 2.45) is 43.3 Å². The molecular weight excluding hydrogens is 1150 g/mol. The van der Waals surface area contributed by atoms with Crippen LogP contribution < -0.4 is 0 Å². The fourth-order valence-corrected chi connectivity index (χ4v) is 4.60. The molecule has 3 nitrogen and oxygen atoms in total. The van der Waals surface area contributed by atoms with Crippen molar-refractivity contribution < 1.29 is 14.2 Å². The normalized spacial score (nSPS) is 15.4. The fraction of sp³-hybridized carbons (Fsp3) is 1.00. The van der Waals surface area contributed by atoms with Crippen LogP contribution in [0, 0.1) is 43.3 Å². The second-order valence-electron chi connectivity index (χ2n) is 36.4. The van der Waals surface area contributed by atoms with E-state index in [9.17, 15) is 0 Å². The average Bonchev–Trinajstić information content (AvgIpc) is 3.89. The van der Waals surface area contributed by atoms with Gasteiger partial charge in [-0.05, 0) is 81.8 Å². The van der Waals surface area contributed by atoms with Crippen molar-refractivity contribution in [1.82, 2.24) is 0 Å². The van der Waals surface area contributed by atoms with Gasteiger partial charge in [0.2, 0.25) is 0 Å². The van der Waals surface area contributed by atoms with Crippen LogP contribution >= 0.6 is 0 Å². The third kappa shape index (κ3) is 583. The van der Waals surface area contributed by atoms with Gasteiger partial charge in [0.05, 0.1) is 0 Å². The van der Waals surface area contributed by atoms with Crippen molar-refractivity contribution in [3.63, 3.8) is 0 Å². The van der Waals surface area contributed by atoms with E-state index in [1.165, 1.54) is 193 Å². The molecule has 8 aliphatic rings. The van der Waals surface area contributed by atoms with Crippen LogP contribution in [0.4, 0.5) is 0 Å². The van der Waals surface area contributed by atoms with Crippen LogP contribution in [0.15, 0.2) is 0 Å². The Kier molecular flexibility index (Phi) is 152. The summed E-state index contributed by atoms with van der Waals surface area (Å²) >= 11 is 0. The molecule has 0 aromatic carbocycles. The van der Waals surface area contributed by atoms with Gasteiger partial charge < -0.3 is 14.2 Å². The smallest absolute Gasteiger partial charge is 0.0488 e. The Hall–Kier alpha value is -0.120. The minimum absolute atomic E-state index is 0.500. The highest BCUT2D eigenvalue weighted by atomic mass is 16.5. The standard InChI is InChI=1S/2C6H12.C5H10O.C5H10.8C5H12.C4H8O.C4H8.C3H6O.C3H6.8C2H6/c3*1-2-4-6-5-3-1;1-2-4-5-3-1;8*1-5(2,3)4;1-2-4-5-3-1;2*1-2-4-3-1;1-2-3-1;8*1-2/h2*1-6H2;1-5H2;1-5H2;8*1-4H3;1-4H2;1-4H2;1-3H2;1-3H2;8*1-2H3. The summed E-state index contributed by atoms with van der Waals surface area (Å²) < 4.78 is 14.7. The number of hydrogen-bond donors (Lipinski definition) is 0. The highest BCUT2D eigenvalue weighted by Crippen LogP contribution is 2.18. The second kappa shape index (κ2) is 107. The van der Waals surface area contributed by atoms with Crippen molar-refractivity contribution in [3.8, 4) is 0 Å². The summed E-state index contributed by atoms with van der Waals surface area (Å²) in [6, 6.07) is 0. The lowest BCUT2D eigenvalue weighted by atomic mass is 10.0. The maximum atomic E-state index is 5.07. The first-order valence-corrected chi connectivity index (χ1v) is 42.2. The van der Waals surface area contributed by atoms with Gasteiger partial charge in [0.1, 0.15) is 0 Å². The van der Waals surface area contributed by atoms with Crippen LogP contribution in [-0.2, 0) is 14.2 Å². The lowest BCUT2D eigenvalue weighted by Gasteiger charge is -2.09. The van der Waals surface area contributed by atoms with Crippen molar-refractivity contribution in [2.45, 2.75) is 525 Å². The molecule has 8 rings (SSSR count). The quantitative estimate of drug-likeness (QED) is 0.242. The zero-order valence-corrected chi connectivity index (χ0v) is 78.7. The van der Waals surface area contributed by atoms with E-state index in [0.717, 1.165) is 39.6 Å². The van der Waals surface area contributed by atoms with Gasteiger partial charge in [0.15, 0.2) is 0 Å². The van der Waals surface area contributed by atoms with Gasteiger partial charge in [-0.25, -0.2) is 0 Å². The van der Waals surface area contributed by atoms with Gasteiger partial charge in [0, 0.05) is 39.6 Å². The molecule has 0 amide bonds. The molecule has 602 valence electrons. The molecule has 3 saturated heterocycles. The molecule has 0 aromatic heterocycles. The van der Waals surface area contributed by atoms with Crippen molar-refractivity contribution in [3.05, 3.63) is 0 Å². The Bertz CT molecular complexity index is 735. The summed E-state index contributed by atoms with van der Waals surface area (Å²) in [5.41, 5.74) is 4.00. The van der Waals surface area contributed by atoms with Crippen LogP contribution in [0.5, 0.6) is 0 Å². The zero-order valence-electron chi connectivity index (χ0n) is 78.7. The largest absolute Gasteiger partial charge is 0.381 e. The summed E-state index contributed by atoms with van der Waals surface area (Å²) in [6.07, 6.45) is 43.8. The summed E-state index contributed by atoms with van der Waals surface area (Å²) in [4.78, 5) is 0. The zero-order chi connectivity index (χ0) is 79.6. The third-order valence-electron chi connectivity index (χ3n) is 8.09. The topological polar surface area (TPSA) is 27.7 Å². The molecule has 5 saturated carbocycles. The third-order valence-corrected chi connectivity index (χ3v) is 8.09. The average molecular weight is 1370 g/mol. The lowest BCUT2D eigenvalue weighted by Crippen LogP contribution is -2.09. The molecule has 0 unspecified atom stereocenters. The van der Waals surface area contributed by atoms with Gasteiger partial charge in [0.25, 0.3) is 0 Å². The summed E-state index contributed by atoms with van der Waals surface area (Å²) in [7, 11) is 0. The van der Waals surface area contributed by atoms with E-state index in [0.29, 0.717) is 43.3 Å². The van der Waals surface area contributed by atoms with E-state index in [1.807, 2.05) is 111 Å². The number of rotatable bonds is 0. The van der Waals surface area contributed by atoms with E-state index in [1.54, 1.807) is 0 Å². The Morgan fingerprint density at radius 2 is 0.158 bits per heavy atom. The van der Waals surface area contributed by atoms with Gasteiger partial charge in [-0.15, -0.1) is 0 Å². The van der Waals surface area contributed by atoms with Crippen molar-refractivity contribution >= 4 is 0 Å². The molecule has 0 atom stereocenters. The summed E-state index contributed by atoms with van der Waals surface area (Å²) in [5, 5.41) is 0. The molecule has 3 aliphatic heterocycles. The minimum atomic E-state index is 0.500. The molecule has 5 aliphatic carbocycles. The first-order valence-electron chi connectivity index (χ1n) is 42.2. The SMILES string of the molecule is C1CC1.C1CCC1.C1CCCC1.C1CCCCC1.C1CCCCC1.C1CCOC1.C1CCOCC1.C1COC1.CC.CC.CC.CC.CC.CC.CC.CC.CC(C)(C)C.CC(C)(C)C.CC(C)(C)C.CC(C)(C)C.CC(C)(C)C.CC(C)(C)C.CC(C)(C)C.CC(C)(C)C. The monoisotopic (exact) mass is 1370 g/mol. The van der Waals surface area contributed by atoms with E-state index in [-0.39, 0.29) is 0 Å². The molecule has 8 fully saturated rings. The maximum absolute atomic E-state index is 5.07. The van der Waals surface area contributed by atoms with Crippen LogP contribution in [0.3, 0.4) is 0 Å². The molecule has 3 heterocycles. The van der Waals surface area contributed by atoms with Crippen LogP contribution in [0.25, 0.3) is 0 Å². The Balaban J connectivity index is -0.0000000494. The molecule has 0 spiro atoms. The Morgan fingerprint density at radius 3 is 0.189 bits per heavy atom. The summed E-state index contributed by atoms with van der Waals surface area (Å²) in [5.74, 6) is 0. The number of hydrogen-bond acceptors (Lipinski definition) is 3. The van der Waals surface area contributed by atoms with Gasteiger partial charge in [-0.2, -0.15) is 0 Å². The van der Waals surface area contributed by atoms with Gasteiger partial charge in [-0.1, -0.05) is 486 Å². The molecular formula is C92H216O3. The van der Waals surface area contributed by atoms with Gasteiger partial charge >= 0.3 is 0 Å². The molecule has 95 heavy (non-hydrogen) atoms. The highest BCUT2D eigenvalue weighted by molar-refractivity contribution is 4.55. The highest BCUT2D eigenvalue weighted by Gasteiger charge is 2.02.